The second-order valence-corrected chi connectivity index (χ2v) is 6.87. The molecule has 1 aromatic carbocycles. The zero-order chi connectivity index (χ0) is 12.4. The summed E-state index contributed by atoms with van der Waals surface area (Å²) in [6.45, 7) is 4.26. The van der Waals surface area contributed by atoms with Crippen LogP contribution < -0.4 is 0 Å². The Morgan fingerprint density at radius 1 is 1.11 bits per heavy atom. The van der Waals surface area contributed by atoms with Crippen molar-refractivity contribution in [2.45, 2.75) is 39.2 Å². The van der Waals surface area contributed by atoms with Crippen molar-refractivity contribution in [2.24, 2.45) is 29.6 Å². The Balaban J connectivity index is 1.60. The van der Waals surface area contributed by atoms with E-state index >= 15 is 0 Å². The van der Waals surface area contributed by atoms with Crippen LogP contribution in [0.2, 0.25) is 0 Å². The van der Waals surface area contributed by atoms with E-state index in [1.165, 1.54) is 36.0 Å². The predicted molar refractivity (Wildman–Crippen MR) is 72.2 cm³/mol. The van der Waals surface area contributed by atoms with Crippen molar-refractivity contribution in [3.05, 3.63) is 34.9 Å². The van der Waals surface area contributed by atoms with Gasteiger partial charge in [-0.05, 0) is 73.8 Å². The smallest absolute Gasteiger partial charge is 0.0826 e. The Hall–Kier alpha value is -0.820. The molecule has 0 aliphatic heterocycles. The Morgan fingerprint density at radius 2 is 1.78 bits per heavy atom. The first kappa shape index (κ1) is 11.0. The van der Waals surface area contributed by atoms with Crippen LogP contribution in [0.4, 0.5) is 0 Å². The van der Waals surface area contributed by atoms with Gasteiger partial charge in [-0.25, -0.2) is 0 Å². The summed E-state index contributed by atoms with van der Waals surface area (Å²) in [5.74, 6) is 4.20. The standard InChI is InChI=1S/C17H22O/c1-9-3-6-13(10(2)7-9)17(18)16-14-11-4-5-12(8-11)15(14)16/h3,6-7,11-12,14-18H,4-5,8H2,1-2H3. The molecule has 0 spiro atoms. The molecule has 5 atom stereocenters. The lowest BCUT2D eigenvalue weighted by Gasteiger charge is -2.18. The van der Waals surface area contributed by atoms with E-state index in [1.807, 2.05) is 0 Å². The minimum Gasteiger partial charge on any atom is -0.388 e. The van der Waals surface area contributed by atoms with Gasteiger partial charge in [0.05, 0.1) is 6.10 Å². The molecule has 0 amide bonds. The fraction of sp³-hybridized carbons (Fsp3) is 0.647. The highest BCUT2D eigenvalue weighted by atomic mass is 16.3. The predicted octanol–water partition coefficient (Wildman–Crippen LogP) is 3.63. The highest BCUT2D eigenvalue weighted by Gasteiger charge is 2.66. The van der Waals surface area contributed by atoms with Gasteiger partial charge >= 0.3 is 0 Å². The van der Waals surface area contributed by atoms with Gasteiger partial charge < -0.3 is 5.11 Å². The van der Waals surface area contributed by atoms with Gasteiger partial charge in [-0.15, -0.1) is 0 Å². The van der Waals surface area contributed by atoms with Crippen LogP contribution in [0.15, 0.2) is 18.2 Å². The van der Waals surface area contributed by atoms with Crippen molar-refractivity contribution in [3.63, 3.8) is 0 Å². The Kier molecular flexibility index (Phi) is 2.21. The van der Waals surface area contributed by atoms with E-state index < -0.39 is 0 Å². The van der Waals surface area contributed by atoms with E-state index in [1.54, 1.807) is 0 Å². The molecule has 18 heavy (non-hydrogen) atoms. The minimum absolute atomic E-state index is 0.205. The summed E-state index contributed by atoms with van der Waals surface area (Å²) >= 11 is 0. The molecule has 5 unspecified atom stereocenters. The summed E-state index contributed by atoms with van der Waals surface area (Å²) in [4.78, 5) is 0. The molecule has 3 aliphatic carbocycles. The molecule has 3 fully saturated rings. The maximum atomic E-state index is 10.7. The molecule has 0 saturated heterocycles. The quantitative estimate of drug-likeness (QED) is 0.839. The summed E-state index contributed by atoms with van der Waals surface area (Å²) in [5, 5.41) is 10.7. The Bertz CT molecular complexity index is 476. The lowest BCUT2D eigenvalue weighted by molar-refractivity contribution is 0.129. The number of aliphatic hydroxyl groups is 1. The van der Waals surface area contributed by atoms with Crippen molar-refractivity contribution in [1.82, 2.24) is 0 Å². The number of fused-ring (bicyclic) bond motifs is 5. The number of rotatable bonds is 2. The molecule has 1 aromatic rings. The van der Waals surface area contributed by atoms with Crippen molar-refractivity contribution in [1.29, 1.82) is 0 Å². The van der Waals surface area contributed by atoms with E-state index in [-0.39, 0.29) is 6.10 Å². The van der Waals surface area contributed by atoms with Crippen molar-refractivity contribution >= 4 is 0 Å². The first-order chi connectivity index (χ1) is 8.66. The van der Waals surface area contributed by atoms with Crippen molar-refractivity contribution < 1.29 is 5.11 Å². The van der Waals surface area contributed by atoms with Crippen LogP contribution in [0.1, 0.15) is 42.1 Å². The lowest BCUT2D eigenvalue weighted by Crippen LogP contribution is -2.09. The minimum atomic E-state index is -0.205. The average molecular weight is 242 g/mol. The highest BCUT2D eigenvalue weighted by molar-refractivity contribution is 5.34. The molecule has 1 N–H and O–H groups in total. The molecular weight excluding hydrogens is 220 g/mol. The molecule has 2 bridgehead atoms. The molecule has 0 aromatic heterocycles. The maximum absolute atomic E-state index is 10.7. The van der Waals surface area contributed by atoms with Gasteiger partial charge in [0.1, 0.15) is 0 Å². The van der Waals surface area contributed by atoms with Crippen LogP contribution in [-0.2, 0) is 0 Å². The number of aliphatic hydroxyl groups excluding tert-OH is 1. The SMILES string of the molecule is Cc1ccc(C(O)C2C3C4CCC(C4)C32)c(C)c1. The van der Waals surface area contributed by atoms with Crippen LogP contribution in [0.25, 0.3) is 0 Å². The number of benzene rings is 1. The largest absolute Gasteiger partial charge is 0.388 e. The molecule has 1 heteroatoms. The Labute approximate surface area is 109 Å². The average Bonchev–Trinajstić information content (AvgIpc) is 2.77. The molecule has 1 nitrogen and oxygen atoms in total. The summed E-state index contributed by atoms with van der Waals surface area (Å²) < 4.78 is 0. The summed E-state index contributed by atoms with van der Waals surface area (Å²) in [6, 6.07) is 6.48. The van der Waals surface area contributed by atoms with E-state index in [0.717, 1.165) is 23.7 Å². The van der Waals surface area contributed by atoms with Gasteiger partial charge in [0.25, 0.3) is 0 Å². The summed E-state index contributed by atoms with van der Waals surface area (Å²) in [5.41, 5.74) is 3.73. The van der Waals surface area contributed by atoms with E-state index in [2.05, 4.69) is 32.0 Å². The van der Waals surface area contributed by atoms with Gasteiger partial charge in [-0.3, -0.25) is 0 Å². The number of hydrogen-bond acceptors (Lipinski definition) is 1. The van der Waals surface area contributed by atoms with E-state index in [9.17, 15) is 5.11 Å². The summed E-state index contributed by atoms with van der Waals surface area (Å²) in [6.07, 6.45) is 4.12. The van der Waals surface area contributed by atoms with Crippen LogP contribution in [0.3, 0.4) is 0 Å². The summed E-state index contributed by atoms with van der Waals surface area (Å²) in [7, 11) is 0. The third-order valence-corrected chi connectivity index (χ3v) is 5.90. The zero-order valence-electron chi connectivity index (χ0n) is 11.3. The monoisotopic (exact) mass is 242 g/mol. The van der Waals surface area contributed by atoms with Crippen LogP contribution in [-0.4, -0.2) is 5.11 Å². The van der Waals surface area contributed by atoms with Crippen LogP contribution in [0.5, 0.6) is 0 Å². The van der Waals surface area contributed by atoms with E-state index in [0.29, 0.717) is 5.92 Å². The first-order valence-electron chi connectivity index (χ1n) is 7.42. The molecule has 3 aliphatic rings. The molecule has 96 valence electrons. The molecule has 0 radical (unpaired) electrons. The second-order valence-electron chi connectivity index (χ2n) is 6.87. The fourth-order valence-corrected chi connectivity index (χ4v) is 5.18. The number of hydrogen-bond donors (Lipinski definition) is 1. The highest BCUT2D eigenvalue weighted by Crippen LogP contribution is 2.72. The second kappa shape index (κ2) is 3.60. The van der Waals surface area contributed by atoms with Gasteiger partial charge in [0, 0.05) is 0 Å². The maximum Gasteiger partial charge on any atom is 0.0826 e. The molecule has 3 saturated carbocycles. The molecular formula is C17H22O. The number of aryl methyl sites for hydroxylation is 2. The van der Waals surface area contributed by atoms with Gasteiger partial charge in [-0.2, -0.15) is 0 Å². The Morgan fingerprint density at radius 3 is 2.39 bits per heavy atom. The zero-order valence-corrected chi connectivity index (χ0v) is 11.3. The molecule has 0 heterocycles. The van der Waals surface area contributed by atoms with Crippen molar-refractivity contribution in [3.8, 4) is 0 Å². The normalized spacial score (nSPS) is 41.8. The van der Waals surface area contributed by atoms with Gasteiger partial charge in [-0.1, -0.05) is 23.8 Å². The van der Waals surface area contributed by atoms with Gasteiger partial charge in [0.15, 0.2) is 0 Å². The third-order valence-electron chi connectivity index (χ3n) is 5.90. The van der Waals surface area contributed by atoms with Gasteiger partial charge in [0.2, 0.25) is 0 Å². The third kappa shape index (κ3) is 1.37. The topological polar surface area (TPSA) is 20.2 Å². The van der Waals surface area contributed by atoms with Crippen LogP contribution >= 0.6 is 0 Å². The first-order valence-corrected chi connectivity index (χ1v) is 7.42. The fourth-order valence-electron chi connectivity index (χ4n) is 5.18. The lowest BCUT2D eigenvalue weighted by atomic mass is 9.92. The molecule has 4 rings (SSSR count). The van der Waals surface area contributed by atoms with Crippen LogP contribution in [0, 0.1) is 43.4 Å². The van der Waals surface area contributed by atoms with Crippen molar-refractivity contribution in [2.75, 3.05) is 0 Å². The van der Waals surface area contributed by atoms with E-state index in [4.69, 9.17) is 0 Å².